The van der Waals surface area contributed by atoms with Crippen molar-refractivity contribution < 1.29 is 27.6 Å². The Bertz CT molecular complexity index is 2030. The molecule has 2 aromatic heterocycles. The zero-order valence-electron chi connectivity index (χ0n) is 31.7. The topological polar surface area (TPSA) is 162 Å². The molecular formula is C36H52BrN5O7SSi2. The number of sulfonamides is 1. The number of halogens is 1. The highest BCUT2D eigenvalue weighted by molar-refractivity contribution is 9.10. The molecule has 0 fully saturated rings. The Morgan fingerprint density at radius 3 is 2.33 bits per heavy atom. The fourth-order valence-corrected chi connectivity index (χ4v) is 8.79. The second-order valence-corrected chi connectivity index (χ2v) is 29.3. The number of nitrogens with zero attached hydrogens (tertiary/aromatic N) is 3. The molecule has 4 rings (SSSR count). The van der Waals surface area contributed by atoms with Crippen molar-refractivity contribution >= 4 is 70.7 Å². The number of benzene rings is 2. The van der Waals surface area contributed by atoms with Gasteiger partial charge in [0.1, 0.15) is 12.8 Å². The van der Waals surface area contributed by atoms with Crippen LogP contribution in [0.5, 0.6) is 0 Å². The van der Waals surface area contributed by atoms with Crippen LogP contribution in [0.3, 0.4) is 0 Å². The quantitative estimate of drug-likeness (QED) is 0.0436. The first kappa shape index (κ1) is 41.6. The van der Waals surface area contributed by atoms with Crippen molar-refractivity contribution in [1.29, 1.82) is 0 Å². The van der Waals surface area contributed by atoms with E-state index in [1.165, 1.54) is 12.1 Å². The number of aliphatic hydroxyl groups is 1. The molecule has 0 radical (unpaired) electrons. The van der Waals surface area contributed by atoms with Crippen molar-refractivity contribution in [2.24, 2.45) is 0 Å². The van der Waals surface area contributed by atoms with Gasteiger partial charge in [-0.05, 0) is 60.6 Å². The summed E-state index contributed by atoms with van der Waals surface area (Å²) in [5.41, 5.74) is 2.01. The van der Waals surface area contributed by atoms with Crippen molar-refractivity contribution in [3.63, 3.8) is 0 Å². The second-order valence-electron chi connectivity index (χ2n) is 16.4. The molecular weight excluding hydrogens is 783 g/mol. The molecule has 52 heavy (non-hydrogen) atoms. The van der Waals surface area contributed by atoms with E-state index in [-0.39, 0.29) is 29.0 Å². The van der Waals surface area contributed by atoms with Crippen LogP contribution >= 0.6 is 15.9 Å². The molecule has 0 aliphatic carbocycles. The first-order valence-electron chi connectivity index (χ1n) is 17.2. The van der Waals surface area contributed by atoms with Crippen LogP contribution in [-0.4, -0.2) is 62.6 Å². The van der Waals surface area contributed by atoms with Crippen LogP contribution in [0.2, 0.25) is 43.8 Å². The van der Waals surface area contributed by atoms with Gasteiger partial charge in [0.15, 0.2) is 8.32 Å². The summed E-state index contributed by atoms with van der Waals surface area (Å²) in [6.07, 6.45) is 4.84. The minimum Gasteiger partial charge on any atom is -0.406 e. The number of nitro benzene ring substituents is 1. The predicted octanol–water partition coefficient (Wildman–Crippen LogP) is 9.19. The van der Waals surface area contributed by atoms with Crippen molar-refractivity contribution in [2.75, 3.05) is 17.9 Å². The fourth-order valence-electron chi connectivity index (χ4n) is 5.32. The molecule has 0 aliphatic rings. The third kappa shape index (κ3) is 9.89. The maximum Gasteiger partial charge on any atom is 0.269 e. The highest BCUT2D eigenvalue weighted by Gasteiger charge is 2.41. The number of aromatic nitrogens is 3. The maximum absolute atomic E-state index is 13.6. The van der Waals surface area contributed by atoms with E-state index in [0.29, 0.717) is 34.6 Å². The van der Waals surface area contributed by atoms with E-state index in [9.17, 15) is 23.6 Å². The van der Waals surface area contributed by atoms with E-state index in [1.807, 2.05) is 42.7 Å². The van der Waals surface area contributed by atoms with Gasteiger partial charge in [-0.1, -0.05) is 76.3 Å². The van der Waals surface area contributed by atoms with E-state index >= 15 is 0 Å². The SMILES string of the molecule is CC(C)(/C=C/c1[nH]c2cc(Br)ccc2c1NS(=O)(=O)c1ccc([N+](=O)[O-])cc1)c1ncn(COCC[Si](C)(C)C)c1C(CO)O[Si](C)(C)C(C)(C)C. The van der Waals surface area contributed by atoms with Crippen LogP contribution < -0.4 is 4.72 Å². The third-order valence-electron chi connectivity index (χ3n) is 9.48. The van der Waals surface area contributed by atoms with Gasteiger partial charge in [0, 0.05) is 47.6 Å². The van der Waals surface area contributed by atoms with Gasteiger partial charge in [0.2, 0.25) is 0 Å². The highest BCUT2D eigenvalue weighted by atomic mass is 79.9. The van der Waals surface area contributed by atoms with Gasteiger partial charge in [-0.25, -0.2) is 13.4 Å². The molecule has 0 amide bonds. The number of anilines is 1. The summed E-state index contributed by atoms with van der Waals surface area (Å²) in [5, 5.41) is 22.5. The van der Waals surface area contributed by atoms with E-state index in [1.54, 1.807) is 12.4 Å². The summed E-state index contributed by atoms with van der Waals surface area (Å²) in [7, 11) is -7.78. The van der Waals surface area contributed by atoms with Gasteiger partial charge in [-0.2, -0.15) is 0 Å². The Morgan fingerprint density at radius 1 is 1.10 bits per heavy atom. The summed E-state index contributed by atoms with van der Waals surface area (Å²) < 4.78 is 45.6. The summed E-state index contributed by atoms with van der Waals surface area (Å²) in [4.78, 5) is 18.7. The number of hydrogen-bond donors (Lipinski definition) is 3. The van der Waals surface area contributed by atoms with Gasteiger partial charge in [-0.15, -0.1) is 0 Å². The zero-order chi connectivity index (χ0) is 38.9. The summed E-state index contributed by atoms with van der Waals surface area (Å²) in [6, 6.07) is 11.2. The number of ether oxygens (including phenoxy) is 1. The van der Waals surface area contributed by atoms with E-state index in [2.05, 4.69) is 79.1 Å². The van der Waals surface area contributed by atoms with Gasteiger partial charge >= 0.3 is 0 Å². The standard InChI is InChI=1S/C36H52BrN5O7SSi2/c1-35(2,3)52(9,10)49-31(22-43)33-34(38-23-41(33)24-48-19-20-51(6,7)8)36(4,5)18-17-29-32(28-16-11-25(37)21-30(28)39-29)40-50(46,47)27-14-12-26(13-15-27)42(44)45/h11-18,21,23,31,39-40,43H,19-20,22,24H2,1-10H3/b18-17+. The molecule has 0 spiro atoms. The van der Waals surface area contributed by atoms with Crippen LogP contribution in [0, 0.1) is 10.1 Å². The van der Waals surface area contributed by atoms with Crippen molar-refractivity contribution in [3.05, 3.63) is 86.5 Å². The lowest BCUT2D eigenvalue weighted by Crippen LogP contribution is -2.43. The van der Waals surface area contributed by atoms with Crippen LogP contribution in [0.25, 0.3) is 17.0 Å². The average Bonchev–Trinajstić information content (AvgIpc) is 3.61. The molecule has 1 atom stereocenters. The molecule has 0 aliphatic heterocycles. The first-order chi connectivity index (χ1) is 24.0. The van der Waals surface area contributed by atoms with Crippen molar-refractivity contribution in [3.8, 4) is 0 Å². The van der Waals surface area contributed by atoms with Crippen LogP contribution in [0.1, 0.15) is 57.8 Å². The van der Waals surface area contributed by atoms with Gasteiger partial charge in [-0.3, -0.25) is 14.8 Å². The third-order valence-corrected chi connectivity index (χ3v) is 17.5. The predicted molar refractivity (Wildman–Crippen MR) is 216 cm³/mol. The average molecular weight is 835 g/mol. The maximum atomic E-state index is 13.6. The number of nitro groups is 1. The van der Waals surface area contributed by atoms with Gasteiger partial charge in [0.25, 0.3) is 15.7 Å². The number of aromatic amines is 1. The van der Waals surface area contributed by atoms with Crippen LogP contribution in [-0.2, 0) is 31.3 Å². The molecule has 2 aromatic carbocycles. The van der Waals surface area contributed by atoms with Crippen molar-refractivity contribution in [2.45, 2.75) is 102 Å². The monoisotopic (exact) mass is 833 g/mol. The van der Waals surface area contributed by atoms with Crippen molar-refractivity contribution in [1.82, 2.24) is 14.5 Å². The molecule has 3 N–H and O–H groups in total. The molecule has 0 bridgehead atoms. The van der Waals surface area contributed by atoms with Crippen LogP contribution in [0.4, 0.5) is 11.4 Å². The Hall–Kier alpha value is -3.13. The number of fused-ring (bicyclic) bond motifs is 1. The highest BCUT2D eigenvalue weighted by Crippen LogP contribution is 2.42. The smallest absolute Gasteiger partial charge is 0.269 e. The Kier molecular flexibility index (Phi) is 12.6. The summed E-state index contributed by atoms with van der Waals surface area (Å²) in [6.45, 7) is 22.3. The summed E-state index contributed by atoms with van der Waals surface area (Å²) in [5.74, 6) is 0. The molecule has 2 heterocycles. The largest absolute Gasteiger partial charge is 0.406 e. The van der Waals surface area contributed by atoms with E-state index in [4.69, 9.17) is 14.1 Å². The number of aliphatic hydroxyl groups excluding tert-OH is 1. The molecule has 4 aromatic rings. The molecule has 284 valence electrons. The number of hydrogen-bond acceptors (Lipinski definition) is 8. The number of nitrogens with one attached hydrogen (secondary N) is 2. The molecule has 0 saturated heterocycles. The Labute approximate surface area is 317 Å². The lowest BCUT2D eigenvalue weighted by atomic mass is 9.86. The normalized spacial score (nSPS) is 14.0. The van der Waals surface area contributed by atoms with Gasteiger partial charge in [0.05, 0.1) is 45.5 Å². The van der Waals surface area contributed by atoms with Crippen LogP contribution in [0.15, 0.2) is 64.2 Å². The molecule has 1 unspecified atom stereocenters. The number of allylic oxidation sites excluding steroid dienone is 1. The summed E-state index contributed by atoms with van der Waals surface area (Å²) >= 11 is 3.50. The zero-order valence-corrected chi connectivity index (χ0v) is 36.1. The van der Waals surface area contributed by atoms with E-state index < -0.39 is 42.9 Å². The number of imidazole rings is 1. The minimum atomic E-state index is -4.13. The fraction of sp³-hybridized carbons (Fsp3) is 0.472. The number of non-ortho nitro benzene ring substituents is 1. The Balaban J connectivity index is 1.77. The first-order valence-corrected chi connectivity index (χ1v) is 26.0. The Morgan fingerprint density at radius 2 is 1.75 bits per heavy atom. The lowest BCUT2D eigenvalue weighted by molar-refractivity contribution is -0.384. The molecule has 0 saturated carbocycles. The number of rotatable bonds is 16. The minimum absolute atomic E-state index is 0.0997. The molecule has 12 nitrogen and oxygen atoms in total. The van der Waals surface area contributed by atoms with E-state index in [0.717, 1.165) is 28.3 Å². The lowest BCUT2D eigenvalue weighted by Gasteiger charge is -2.39. The second kappa shape index (κ2) is 15.7. The number of H-pyrrole nitrogens is 1. The van der Waals surface area contributed by atoms with Gasteiger partial charge < -0.3 is 23.8 Å². The molecule has 16 heteroatoms.